The van der Waals surface area contributed by atoms with Crippen molar-refractivity contribution in [2.45, 2.75) is 0 Å². The number of rotatable bonds is 0. The summed E-state index contributed by atoms with van der Waals surface area (Å²) in [6.45, 7) is 0. The third-order valence-electron chi connectivity index (χ3n) is 1.58. The molecule has 0 unspecified atom stereocenters. The molecule has 0 atom stereocenters. The summed E-state index contributed by atoms with van der Waals surface area (Å²) in [5.41, 5.74) is 3.34. The second-order valence-corrected chi connectivity index (χ2v) is 2.94. The molecule has 2 aromatic rings. The van der Waals surface area contributed by atoms with Crippen molar-refractivity contribution in [3.63, 3.8) is 0 Å². The smallest absolute Gasteiger partial charge is 0.325 e. The Morgan fingerprint density at radius 2 is 1.69 bits per heavy atom. The number of hydrogen-bond donors (Lipinski definition) is 3. The quantitative estimate of drug-likeness (QED) is 0.513. The first-order chi connectivity index (χ1) is 7.58. The van der Waals surface area contributed by atoms with E-state index >= 15 is 0 Å². The van der Waals surface area contributed by atoms with Crippen LogP contribution in [0.5, 0.6) is 5.88 Å². The van der Waals surface area contributed by atoms with E-state index in [1.807, 2.05) is 40.3 Å². The Balaban J connectivity index is 0.000000165. The highest BCUT2D eigenvalue weighted by Gasteiger charge is 1.82. The van der Waals surface area contributed by atoms with E-state index in [2.05, 4.69) is 5.73 Å². The summed E-state index contributed by atoms with van der Waals surface area (Å²) in [5, 5.41) is 10.2. The molecule has 1 aromatic carbocycles. The lowest BCUT2D eigenvalue weighted by Gasteiger charge is -1.98. The lowest BCUT2D eigenvalue weighted by atomic mass is 10.3. The fraction of sp³-hybridized carbons (Fsp3) is 0. The minimum Gasteiger partial charge on any atom is -0.860 e. The number of benzene rings is 1. The molecule has 16 heavy (non-hydrogen) atoms. The highest BCUT2D eigenvalue weighted by Crippen LogP contribution is 1.93. The minimum atomic E-state index is -0.771. The monoisotopic (exact) mass is 221 g/mol. The van der Waals surface area contributed by atoms with Crippen molar-refractivity contribution in [1.29, 1.82) is 0 Å². The predicted molar refractivity (Wildman–Crippen MR) is 56.1 cm³/mol. The first kappa shape index (κ1) is 11.7. The molecule has 1 heterocycles. The Kier molecular flexibility index (Phi) is 4.05. The maximum absolute atomic E-state index is 10.2. The maximum atomic E-state index is 10.2. The van der Waals surface area contributed by atoms with Crippen molar-refractivity contribution in [3.8, 4) is 5.88 Å². The average Bonchev–Trinajstić information content (AvgIpc) is 2.17. The molecule has 0 fully saturated rings. The van der Waals surface area contributed by atoms with Gasteiger partial charge in [-0.2, -0.15) is 0 Å². The summed E-state index contributed by atoms with van der Waals surface area (Å²) < 4.78 is 0. The van der Waals surface area contributed by atoms with Crippen molar-refractivity contribution < 1.29 is 10.8 Å². The van der Waals surface area contributed by atoms with Crippen LogP contribution in [-0.4, -0.2) is 9.97 Å². The molecule has 5 N–H and O–H groups in total. The van der Waals surface area contributed by atoms with Crippen molar-refractivity contribution in [2.75, 3.05) is 0 Å². The Morgan fingerprint density at radius 3 is 2.06 bits per heavy atom. The molecule has 6 nitrogen and oxygen atoms in total. The largest absolute Gasteiger partial charge is 0.860 e. The number of hydrogen-bond acceptors (Lipinski definition) is 3. The van der Waals surface area contributed by atoms with E-state index in [0.29, 0.717) is 0 Å². The second-order valence-electron chi connectivity index (χ2n) is 2.94. The van der Waals surface area contributed by atoms with Gasteiger partial charge in [0.2, 0.25) is 0 Å². The average molecular weight is 221 g/mol. The van der Waals surface area contributed by atoms with Gasteiger partial charge >= 0.3 is 5.69 Å². The van der Waals surface area contributed by atoms with Gasteiger partial charge in [-0.1, -0.05) is 18.2 Å². The van der Waals surface area contributed by atoms with E-state index in [4.69, 9.17) is 0 Å². The van der Waals surface area contributed by atoms with Gasteiger partial charge in [0.1, 0.15) is 5.69 Å². The van der Waals surface area contributed by atoms with Gasteiger partial charge in [-0.25, -0.2) is 4.79 Å². The van der Waals surface area contributed by atoms with E-state index in [1.165, 1.54) is 0 Å². The van der Waals surface area contributed by atoms with Crippen LogP contribution in [-0.2, 0) is 0 Å². The Labute approximate surface area is 90.4 Å². The molecule has 0 bridgehead atoms. The van der Waals surface area contributed by atoms with E-state index in [-0.39, 0.29) is 0 Å². The fourth-order valence-electron chi connectivity index (χ4n) is 0.924. The molecule has 6 heteroatoms. The number of quaternary nitrogens is 1. The number of nitrogens with one attached hydrogen (secondary N) is 2. The Morgan fingerprint density at radius 1 is 1.06 bits per heavy atom. The zero-order chi connectivity index (χ0) is 12.0. The van der Waals surface area contributed by atoms with Crippen molar-refractivity contribution >= 4 is 5.69 Å². The van der Waals surface area contributed by atoms with Crippen LogP contribution in [0.1, 0.15) is 0 Å². The van der Waals surface area contributed by atoms with E-state index < -0.39 is 17.1 Å². The van der Waals surface area contributed by atoms with Crippen LogP contribution in [0.2, 0.25) is 0 Å². The molecule has 84 valence electrons. The van der Waals surface area contributed by atoms with Gasteiger partial charge in [0.25, 0.3) is 5.56 Å². The molecule has 0 saturated carbocycles. The third kappa shape index (κ3) is 4.25. The van der Waals surface area contributed by atoms with Crippen LogP contribution in [0, 0.1) is 0 Å². The number of H-pyrrole nitrogens is 2. The van der Waals surface area contributed by atoms with Gasteiger partial charge in [-0.3, -0.25) is 9.78 Å². The van der Waals surface area contributed by atoms with Gasteiger partial charge < -0.3 is 15.8 Å². The molecular weight excluding hydrogens is 210 g/mol. The molecular formula is C10H11N3O3. The molecule has 1 aromatic heterocycles. The lowest BCUT2D eigenvalue weighted by Crippen LogP contribution is -2.39. The van der Waals surface area contributed by atoms with Gasteiger partial charge in [-0.15, -0.1) is 0 Å². The predicted octanol–water partition coefficient (Wildman–Crippen LogP) is -1.30. The number of aromatic nitrogens is 2. The SMILES string of the molecule is O=c1cc([O-])[nH]c(=O)[nH]1.[NH3+]c1ccccc1. The fourth-order valence-corrected chi connectivity index (χ4v) is 0.924. The van der Waals surface area contributed by atoms with Crippen LogP contribution < -0.4 is 22.1 Å². The molecule has 0 saturated heterocycles. The van der Waals surface area contributed by atoms with Gasteiger partial charge in [0.05, 0.1) is 0 Å². The van der Waals surface area contributed by atoms with Gasteiger partial charge in [0.15, 0.2) is 0 Å². The van der Waals surface area contributed by atoms with Crippen molar-refractivity contribution in [1.82, 2.24) is 9.97 Å². The first-order valence-electron chi connectivity index (χ1n) is 4.45. The van der Waals surface area contributed by atoms with Crippen LogP contribution in [0.15, 0.2) is 46.0 Å². The first-order valence-corrected chi connectivity index (χ1v) is 4.45. The highest BCUT2D eigenvalue weighted by molar-refractivity contribution is 5.25. The number of aromatic amines is 2. The van der Waals surface area contributed by atoms with Crippen LogP contribution in [0.25, 0.3) is 0 Å². The second kappa shape index (κ2) is 5.52. The van der Waals surface area contributed by atoms with Crippen LogP contribution in [0.4, 0.5) is 5.69 Å². The summed E-state index contributed by atoms with van der Waals surface area (Å²) in [6.07, 6.45) is 0. The normalized spacial score (nSPS) is 9.06. The lowest BCUT2D eigenvalue weighted by molar-refractivity contribution is -0.275. The molecule has 0 aliphatic carbocycles. The van der Waals surface area contributed by atoms with E-state index in [9.17, 15) is 14.7 Å². The van der Waals surface area contributed by atoms with Gasteiger partial charge in [0, 0.05) is 6.07 Å². The van der Waals surface area contributed by atoms with Crippen LogP contribution in [0.3, 0.4) is 0 Å². The molecule has 0 amide bonds. The standard InChI is InChI=1S/C6H7N.C4H4N2O3/c7-6-4-2-1-3-5-6;7-2-1-3(8)6-4(9)5-2/h1-5H,7H2;1H,(H3,5,6,7,8,9). The van der Waals surface area contributed by atoms with Crippen LogP contribution >= 0.6 is 0 Å². The zero-order valence-corrected chi connectivity index (χ0v) is 8.40. The van der Waals surface area contributed by atoms with Gasteiger partial charge in [-0.05, 0) is 18.0 Å². The molecule has 0 radical (unpaired) electrons. The third-order valence-corrected chi connectivity index (χ3v) is 1.58. The Hall–Kier alpha value is -2.34. The summed E-state index contributed by atoms with van der Waals surface area (Å²) in [5.74, 6) is -0.677. The zero-order valence-electron chi connectivity index (χ0n) is 8.40. The molecule has 2 rings (SSSR count). The summed E-state index contributed by atoms with van der Waals surface area (Å²) in [4.78, 5) is 24.1. The molecule has 0 aliphatic heterocycles. The summed E-state index contributed by atoms with van der Waals surface area (Å²) in [7, 11) is 0. The maximum Gasteiger partial charge on any atom is 0.325 e. The molecule has 0 aliphatic rings. The van der Waals surface area contributed by atoms with Crippen molar-refractivity contribution in [3.05, 3.63) is 57.2 Å². The summed E-state index contributed by atoms with van der Waals surface area (Å²) in [6, 6.07) is 10.6. The van der Waals surface area contributed by atoms with E-state index in [0.717, 1.165) is 11.8 Å². The topological polar surface area (TPSA) is 116 Å². The van der Waals surface area contributed by atoms with Crippen molar-refractivity contribution in [2.24, 2.45) is 0 Å². The van der Waals surface area contributed by atoms with E-state index in [1.54, 1.807) is 0 Å². The molecule has 0 spiro atoms. The summed E-state index contributed by atoms with van der Waals surface area (Å²) >= 11 is 0. The highest BCUT2D eigenvalue weighted by atomic mass is 16.3. The Bertz CT molecular complexity index is 517. The minimum absolute atomic E-state index is 0.677.